The maximum atomic E-state index is 12.8. The topological polar surface area (TPSA) is 57.6 Å². The number of carbonyl (C=O) groups excluding carboxylic acids is 2. The predicted octanol–water partition coefficient (Wildman–Crippen LogP) is 2.93. The molecule has 1 aliphatic heterocycles. The summed E-state index contributed by atoms with van der Waals surface area (Å²) in [5, 5.41) is 10.7. The Hall–Kier alpha value is -2.46. The van der Waals surface area contributed by atoms with Crippen molar-refractivity contribution in [3.63, 3.8) is 0 Å². The summed E-state index contributed by atoms with van der Waals surface area (Å²) in [6, 6.07) is 18.5. The molecule has 3 rings (SSSR count). The first-order chi connectivity index (χ1) is 11.6. The lowest BCUT2D eigenvalue weighted by Crippen LogP contribution is -2.31. The van der Waals surface area contributed by atoms with Crippen LogP contribution in [0.1, 0.15) is 30.6 Å². The van der Waals surface area contributed by atoms with E-state index in [9.17, 15) is 14.7 Å². The predicted molar refractivity (Wildman–Crippen MR) is 90.7 cm³/mol. The number of aliphatic hydroxyl groups is 1. The Kier molecular flexibility index (Phi) is 4.76. The highest BCUT2D eigenvalue weighted by molar-refractivity contribution is 6.05. The van der Waals surface area contributed by atoms with Crippen LogP contribution in [0.15, 0.2) is 60.7 Å². The van der Waals surface area contributed by atoms with E-state index in [0.29, 0.717) is 12.0 Å². The Morgan fingerprint density at radius 2 is 1.54 bits per heavy atom. The quantitative estimate of drug-likeness (QED) is 0.861. The number of hydrogen-bond donors (Lipinski definition) is 1. The van der Waals surface area contributed by atoms with Gasteiger partial charge in [0.15, 0.2) is 0 Å². The van der Waals surface area contributed by atoms with Crippen LogP contribution in [0.3, 0.4) is 0 Å². The van der Waals surface area contributed by atoms with Gasteiger partial charge in [0.2, 0.25) is 11.8 Å². The molecule has 24 heavy (non-hydrogen) atoms. The first kappa shape index (κ1) is 16.4. The molecule has 2 amide bonds. The van der Waals surface area contributed by atoms with E-state index in [-0.39, 0.29) is 18.4 Å². The molecule has 1 heterocycles. The maximum absolute atomic E-state index is 12.8. The zero-order valence-corrected chi connectivity index (χ0v) is 13.6. The molecule has 0 aliphatic carbocycles. The number of imide groups is 1. The van der Waals surface area contributed by atoms with Crippen LogP contribution in [0.5, 0.6) is 0 Å². The molecular weight excluding hydrogens is 302 g/mol. The van der Waals surface area contributed by atoms with Crippen LogP contribution in [0, 0.1) is 11.8 Å². The van der Waals surface area contributed by atoms with Crippen LogP contribution in [0.4, 0.5) is 0 Å². The van der Waals surface area contributed by atoms with Gasteiger partial charge in [-0.1, -0.05) is 67.6 Å². The first-order valence-corrected chi connectivity index (χ1v) is 8.25. The van der Waals surface area contributed by atoms with E-state index in [1.807, 2.05) is 55.5 Å². The van der Waals surface area contributed by atoms with Crippen molar-refractivity contribution in [1.82, 2.24) is 4.90 Å². The van der Waals surface area contributed by atoms with Crippen molar-refractivity contribution in [2.75, 3.05) is 0 Å². The van der Waals surface area contributed by atoms with Gasteiger partial charge in [-0.25, -0.2) is 0 Å². The average Bonchev–Trinajstić information content (AvgIpc) is 2.86. The first-order valence-electron chi connectivity index (χ1n) is 8.25. The van der Waals surface area contributed by atoms with Crippen LogP contribution in [-0.4, -0.2) is 21.8 Å². The monoisotopic (exact) mass is 323 g/mol. The molecule has 4 nitrogen and oxygen atoms in total. The number of likely N-dealkylation sites (tertiary alicyclic amines) is 1. The number of nitrogens with zero attached hydrogens (tertiary/aromatic N) is 1. The zero-order valence-electron chi connectivity index (χ0n) is 13.6. The van der Waals surface area contributed by atoms with E-state index in [4.69, 9.17) is 0 Å². The Morgan fingerprint density at radius 1 is 0.958 bits per heavy atom. The summed E-state index contributed by atoms with van der Waals surface area (Å²) in [7, 11) is 0. The number of hydrogen-bond acceptors (Lipinski definition) is 3. The normalized spacial score (nSPS) is 22.0. The van der Waals surface area contributed by atoms with Gasteiger partial charge in [-0.3, -0.25) is 14.5 Å². The minimum Gasteiger partial charge on any atom is -0.388 e. The van der Waals surface area contributed by atoms with Crippen molar-refractivity contribution in [3.05, 3.63) is 71.8 Å². The molecule has 1 unspecified atom stereocenters. The molecule has 2 aromatic carbocycles. The van der Waals surface area contributed by atoms with E-state index >= 15 is 0 Å². The summed E-state index contributed by atoms with van der Waals surface area (Å²) < 4.78 is 0. The van der Waals surface area contributed by atoms with Crippen molar-refractivity contribution >= 4 is 11.8 Å². The lowest BCUT2D eigenvalue weighted by molar-refractivity contribution is -0.141. The SMILES string of the molecule is CC[C@@H]1C(=O)N(Cc2ccccc2)C(=O)[C@H]1C(O)c1ccccc1. The smallest absolute Gasteiger partial charge is 0.236 e. The third-order valence-corrected chi connectivity index (χ3v) is 4.67. The van der Waals surface area contributed by atoms with Gasteiger partial charge in [-0.15, -0.1) is 0 Å². The van der Waals surface area contributed by atoms with E-state index in [1.165, 1.54) is 4.90 Å². The standard InChI is InChI=1S/C20H21NO3/c1-2-16-17(18(22)15-11-7-4-8-12-15)20(24)21(19(16)23)13-14-9-5-3-6-10-14/h3-12,16-18,22H,2,13H2,1H3/t16-,17+,18?/m0/s1. The van der Waals surface area contributed by atoms with E-state index < -0.39 is 17.9 Å². The third-order valence-electron chi connectivity index (χ3n) is 4.67. The third kappa shape index (κ3) is 2.97. The average molecular weight is 323 g/mol. The van der Waals surface area contributed by atoms with Crippen LogP contribution in [0.2, 0.25) is 0 Å². The highest BCUT2D eigenvalue weighted by atomic mass is 16.3. The van der Waals surface area contributed by atoms with Crippen LogP contribution < -0.4 is 0 Å². The second-order valence-corrected chi connectivity index (χ2v) is 6.14. The fraction of sp³-hybridized carbons (Fsp3) is 0.300. The van der Waals surface area contributed by atoms with Crippen LogP contribution >= 0.6 is 0 Å². The van der Waals surface area contributed by atoms with Crippen molar-refractivity contribution < 1.29 is 14.7 Å². The van der Waals surface area contributed by atoms with E-state index in [0.717, 1.165) is 5.56 Å². The van der Waals surface area contributed by atoms with Crippen molar-refractivity contribution in [3.8, 4) is 0 Å². The second kappa shape index (κ2) is 6.97. The molecule has 0 aromatic heterocycles. The fourth-order valence-corrected chi connectivity index (χ4v) is 3.38. The van der Waals surface area contributed by atoms with Crippen molar-refractivity contribution in [1.29, 1.82) is 0 Å². The lowest BCUT2D eigenvalue weighted by atomic mass is 9.85. The van der Waals surface area contributed by atoms with Crippen molar-refractivity contribution in [2.45, 2.75) is 26.0 Å². The van der Waals surface area contributed by atoms with E-state index in [1.54, 1.807) is 12.1 Å². The molecule has 3 atom stereocenters. The Labute approximate surface area is 141 Å². The molecule has 1 N–H and O–H groups in total. The largest absolute Gasteiger partial charge is 0.388 e. The van der Waals surface area contributed by atoms with Crippen molar-refractivity contribution in [2.24, 2.45) is 11.8 Å². The summed E-state index contributed by atoms with van der Waals surface area (Å²) in [6.07, 6.45) is -0.432. The summed E-state index contributed by atoms with van der Waals surface area (Å²) in [5.74, 6) is -1.66. The summed E-state index contributed by atoms with van der Waals surface area (Å²) in [6.45, 7) is 2.14. The van der Waals surface area contributed by atoms with Gasteiger partial charge in [-0.2, -0.15) is 0 Å². The number of carbonyl (C=O) groups is 2. The van der Waals surface area contributed by atoms with Gasteiger partial charge in [0.05, 0.1) is 24.5 Å². The minimum absolute atomic E-state index is 0.189. The van der Waals surface area contributed by atoms with Gasteiger partial charge < -0.3 is 5.11 Å². The summed E-state index contributed by atoms with van der Waals surface area (Å²) in [4.78, 5) is 26.8. The highest BCUT2D eigenvalue weighted by Gasteiger charge is 2.49. The molecule has 1 saturated heterocycles. The molecule has 1 fully saturated rings. The van der Waals surface area contributed by atoms with Gasteiger partial charge >= 0.3 is 0 Å². The Morgan fingerprint density at radius 3 is 2.12 bits per heavy atom. The number of rotatable bonds is 5. The summed E-state index contributed by atoms with van der Waals surface area (Å²) >= 11 is 0. The number of amides is 2. The van der Waals surface area contributed by atoms with Gasteiger partial charge in [-0.05, 0) is 17.5 Å². The number of aliphatic hydroxyl groups excluding tert-OH is 1. The lowest BCUT2D eigenvalue weighted by Gasteiger charge is -2.20. The van der Waals surface area contributed by atoms with Gasteiger partial charge in [0.1, 0.15) is 0 Å². The molecule has 1 aliphatic rings. The molecule has 0 bridgehead atoms. The molecule has 0 spiro atoms. The Balaban J connectivity index is 1.87. The van der Waals surface area contributed by atoms with Crippen LogP contribution in [-0.2, 0) is 16.1 Å². The second-order valence-electron chi connectivity index (χ2n) is 6.14. The highest BCUT2D eigenvalue weighted by Crippen LogP contribution is 2.38. The minimum atomic E-state index is -0.964. The molecule has 0 radical (unpaired) electrons. The maximum Gasteiger partial charge on any atom is 0.236 e. The van der Waals surface area contributed by atoms with Crippen LogP contribution in [0.25, 0.3) is 0 Å². The Bertz CT molecular complexity index is 714. The van der Waals surface area contributed by atoms with E-state index in [2.05, 4.69) is 0 Å². The fourth-order valence-electron chi connectivity index (χ4n) is 3.38. The summed E-state index contributed by atoms with van der Waals surface area (Å²) in [5.41, 5.74) is 1.58. The molecular formula is C20H21NO3. The zero-order chi connectivity index (χ0) is 17.1. The molecule has 124 valence electrons. The molecule has 0 saturated carbocycles. The number of benzene rings is 2. The van der Waals surface area contributed by atoms with Gasteiger partial charge in [0, 0.05) is 0 Å². The van der Waals surface area contributed by atoms with Gasteiger partial charge in [0.25, 0.3) is 0 Å². The molecule has 4 heteroatoms. The molecule has 2 aromatic rings.